The summed E-state index contributed by atoms with van der Waals surface area (Å²) in [6.45, 7) is 19.9. The van der Waals surface area contributed by atoms with Crippen molar-refractivity contribution in [3.63, 3.8) is 0 Å². The molecule has 5 nitrogen and oxygen atoms in total. The number of hydrogen-bond donors (Lipinski definition) is 0. The second-order valence-corrected chi connectivity index (χ2v) is 14.6. The van der Waals surface area contributed by atoms with Gasteiger partial charge in [0.15, 0.2) is 8.32 Å². The van der Waals surface area contributed by atoms with E-state index in [0.29, 0.717) is 25.3 Å². The highest BCUT2D eigenvalue weighted by molar-refractivity contribution is 6.74. The number of ether oxygens (including phenoxy) is 2. The van der Waals surface area contributed by atoms with Gasteiger partial charge in [0, 0.05) is 19.1 Å². The SMILES string of the molecule is CCOc1ccc(N(C#CCCCO[Si](C)(C)C(C)(C)C)C(=O)OC(C)(C)C)cc1. The van der Waals surface area contributed by atoms with Crippen LogP contribution in [0.15, 0.2) is 24.3 Å². The van der Waals surface area contributed by atoms with Gasteiger partial charge in [-0.05, 0) is 76.5 Å². The Kier molecular flexibility index (Phi) is 9.45. The molecule has 0 atom stereocenters. The summed E-state index contributed by atoms with van der Waals surface area (Å²) < 4.78 is 17.2. The Hall–Kier alpha value is -1.97. The highest BCUT2D eigenvalue weighted by atomic mass is 28.4. The maximum Gasteiger partial charge on any atom is 0.426 e. The molecule has 0 radical (unpaired) electrons. The van der Waals surface area contributed by atoms with E-state index >= 15 is 0 Å². The Bertz CT molecular complexity index is 734. The fraction of sp³-hybridized carbons (Fsp3) is 0.625. The fourth-order valence-corrected chi connectivity index (χ4v) is 3.31. The maximum absolute atomic E-state index is 12.7. The first kappa shape index (κ1) is 26.1. The van der Waals surface area contributed by atoms with E-state index in [-0.39, 0.29) is 5.04 Å². The molecule has 0 aliphatic heterocycles. The lowest BCUT2D eigenvalue weighted by molar-refractivity contribution is 0.0600. The van der Waals surface area contributed by atoms with Crippen LogP contribution in [-0.4, -0.2) is 33.2 Å². The second-order valence-electron chi connectivity index (χ2n) is 9.74. The number of amides is 1. The van der Waals surface area contributed by atoms with Crippen LogP contribution in [0.3, 0.4) is 0 Å². The van der Waals surface area contributed by atoms with Gasteiger partial charge >= 0.3 is 6.09 Å². The van der Waals surface area contributed by atoms with Gasteiger partial charge in [-0.25, -0.2) is 9.69 Å². The van der Waals surface area contributed by atoms with Crippen LogP contribution in [0.5, 0.6) is 5.75 Å². The first-order valence-corrected chi connectivity index (χ1v) is 13.6. The molecule has 0 saturated heterocycles. The minimum absolute atomic E-state index is 0.194. The van der Waals surface area contributed by atoms with Crippen LogP contribution >= 0.6 is 0 Å². The number of rotatable bonds is 7. The summed E-state index contributed by atoms with van der Waals surface area (Å²) in [5, 5.41) is 0.194. The van der Waals surface area contributed by atoms with E-state index in [1.807, 2.05) is 52.0 Å². The third-order valence-electron chi connectivity index (χ3n) is 4.89. The summed E-state index contributed by atoms with van der Waals surface area (Å²) >= 11 is 0. The third-order valence-corrected chi connectivity index (χ3v) is 9.43. The van der Waals surface area contributed by atoms with Gasteiger partial charge in [-0.2, -0.15) is 0 Å². The van der Waals surface area contributed by atoms with E-state index in [1.54, 1.807) is 0 Å². The smallest absolute Gasteiger partial charge is 0.426 e. The maximum atomic E-state index is 12.7. The zero-order chi connectivity index (χ0) is 23.0. The number of benzene rings is 1. The second kappa shape index (κ2) is 10.9. The Morgan fingerprint density at radius 1 is 1.07 bits per heavy atom. The molecular formula is C24H39NO4Si. The van der Waals surface area contributed by atoms with Crippen molar-refractivity contribution in [1.29, 1.82) is 0 Å². The molecule has 0 bridgehead atoms. The third kappa shape index (κ3) is 8.81. The average molecular weight is 434 g/mol. The van der Waals surface area contributed by atoms with E-state index in [2.05, 4.69) is 45.8 Å². The van der Waals surface area contributed by atoms with Crippen molar-refractivity contribution in [3.05, 3.63) is 24.3 Å². The van der Waals surface area contributed by atoms with Crippen molar-refractivity contribution in [1.82, 2.24) is 0 Å². The summed E-state index contributed by atoms with van der Waals surface area (Å²) in [7, 11) is -1.74. The van der Waals surface area contributed by atoms with Crippen LogP contribution in [-0.2, 0) is 9.16 Å². The summed E-state index contributed by atoms with van der Waals surface area (Å²) in [6, 6.07) is 10.2. The predicted octanol–water partition coefficient (Wildman–Crippen LogP) is 6.59. The number of nitrogens with zero attached hydrogens (tertiary/aromatic N) is 1. The number of hydrogen-bond acceptors (Lipinski definition) is 4. The largest absolute Gasteiger partial charge is 0.494 e. The molecule has 0 aliphatic carbocycles. The van der Waals surface area contributed by atoms with Gasteiger partial charge in [-0.15, -0.1) is 0 Å². The topological polar surface area (TPSA) is 48.0 Å². The number of carbonyl (C=O) groups is 1. The minimum Gasteiger partial charge on any atom is -0.494 e. The van der Waals surface area contributed by atoms with E-state index in [0.717, 1.165) is 12.2 Å². The number of carbonyl (C=O) groups excluding carboxylic acids is 1. The Labute approximate surface area is 184 Å². The van der Waals surface area contributed by atoms with Gasteiger partial charge in [-0.1, -0.05) is 26.7 Å². The highest BCUT2D eigenvalue weighted by Crippen LogP contribution is 2.36. The van der Waals surface area contributed by atoms with Crippen molar-refractivity contribution in [2.75, 3.05) is 18.1 Å². The molecule has 6 heteroatoms. The molecule has 0 aliphatic rings. The lowest BCUT2D eigenvalue weighted by Gasteiger charge is -2.36. The first-order valence-electron chi connectivity index (χ1n) is 10.7. The summed E-state index contributed by atoms with van der Waals surface area (Å²) in [5.41, 5.74) is 0.0527. The van der Waals surface area contributed by atoms with Crippen molar-refractivity contribution in [3.8, 4) is 17.7 Å². The lowest BCUT2D eigenvalue weighted by Crippen LogP contribution is -2.40. The van der Waals surface area contributed by atoms with E-state index in [4.69, 9.17) is 13.9 Å². The van der Waals surface area contributed by atoms with Crippen molar-refractivity contribution in [2.45, 2.75) is 85.0 Å². The molecule has 0 saturated carbocycles. The molecule has 0 fully saturated rings. The summed E-state index contributed by atoms with van der Waals surface area (Å²) in [4.78, 5) is 14.0. The molecule has 0 N–H and O–H groups in total. The fourth-order valence-electron chi connectivity index (χ4n) is 2.22. The van der Waals surface area contributed by atoms with Crippen LogP contribution in [0.2, 0.25) is 18.1 Å². The summed E-state index contributed by atoms with van der Waals surface area (Å²) in [5.74, 6) is 3.85. The van der Waals surface area contributed by atoms with Crippen LogP contribution in [0, 0.1) is 12.0 Å². The van der Waals surface area contributed by atoms with Crippen molar-refractivity contribution < 1.29 is 18.7 Å². The average Bonchev–Trinajstić information content (AvgIpc) is 2.59. The van der Waals surface area contributed by atoms with Gasteiger partial charge in [0.05, 0.1) is 12.3 Å². The molecule has 1 amide bonds. The zero-order valence-corrected chi connectivity index (χ0v) is 21.2. The van der Waals surface area contributed by atoms with Crippen molar-refractivity contribution in [2.24, 2.45) is 0 Å². The van der Waals surface area contributed by atoms with Gasteiger partial charge in [-0.3, -0.25) is 0 Å². The Balaban J connectivity index is 2.81. The molecule has 0 heterocycles. The Morgan fingerprint density at radius 2 is 1.67 bits per heavy atom. The van der Waals surface area contributed by atoms with Crippen LogP contribution in [0.25, 0.3) is 0 Å². The predicted molar refractivity (Wildman–Crippen MR) is 126 cm³/mol. The zero-order valence-electron chi connectivity index (χ0n) is 20.2. The standard InChI is InChI=1S/C24H39NO4Si/c1-10-27-21-16-14-20(15-17-21)25(22(26)29-23(2,3)4)18-12-11-13-19-28-30(8,9)24(5,6)7/h14-17H,10-11,13,19H2,1-9H3. The molecule has 0 spiro atoms. The van der Waals surface area contributed by atoms with Crippen molar-refractivity contribution >= 4 is 20.1 Å². The highest BCUT2D eigenvalue weighted by Gasteiger charge is 2.36. The molecule has 1 aromatic rings. The molecular weight excluding hydrogens is 394 g/mol. The first-order chi connectivity index (χ1) is 13.8. The lowest BCUT2D eigenvalue weighted by atomic mass is 10.2. The van der Waals surface area contributed by atoms with Crippen LogP contribution < -0.4 is 9.64 Å². The van der Waals surface area contributed by atoms with Crippen LogP contribution in [0.1, 0.15) is 61.3 Å². The van der Waals surface area contributed by atoms with Gasteiger partial charge < -0.3 is 13.9 Å². The van der Waals surface area contributed by atoms with Gasteiger partial charge in [0.2, 0.25) is 0 Å². The van der Waals surface area contributed by atoms with E-state index < -0.39 is 20.0 Å². The molecule has 1 rings (SSSR count). The van der Waals surface area contributed by atoms with Gasteiger partial charge in [0.25, 0.3) is 0 Å². The molecule has 30 heavy (non-hydrogen) atoms. The van der Waals surface area contributed by atoms with Crippen LogP contribution in [0.4, 0.5) is 10.5 Å². The summed E-state index contributed by atoms with van der Waals surface area (Å²) in [6.07, 6.45) is 0.979. The molecule has 0 aromatic heterocycles. The minimum atomic E-state index is -1.74. The number of unbranched alkanes of at least 4 members (excludes halogenated alkanes) is 1. The quantitative estimate of drug-likeness (QED) is 0.211. The van der Waals surface area contributed by atoms with E-state index in [9.17, 15) is 4.79 Å². The molecule has 0 unspecified atom stereocenters. The molecule has 1 aromatic carbocycles. The Morgan fingerprint density at radius 3 is 2.17 bits per heavy atom. The number of anilines is 1. The van der Waals surface area contributed by atoms with Gasteiger partial charge in [0.1, 0.15) is 11.4 Å². The molecule has 168 valence electrons. The monoisotopic (exact) mass is 433 g/mol. The van der Waals surface area contributed by atoms with E-state index in [1.165, 1.54) is 4.90 Å². The normalized spacial score (nSPS) is 12.0.